The van der Waals surface area contributed by atoms with Crippen molar-refractivity contribution in [3.05, 3.63) is 59.9 Å². The summed E-state index contributed by atoms with van der Waals surface area (Å²) in [4.78, 5) is 16.9. The zero-order chi connectivity index (χ0) is 18.6. The molecule has 4 rings (SSSR count). The second kappa shape index (κ2) is 8.13. The van der Waals surface area contributed by atoms with Crippen LogP contribution in [0, 0.1) is 5.82 Å². The number of para-hydroxylation sites is 2. The van der Waals surface area contributed by atoms with Gasteiger partial charge < -0.3 is 9.88 Å². The summed E-state index contributed by atoms with van der Waals surface area (Å²) in [7, 11) is 0. The standard InChI is InChI=1S/C21H22FN3OS/c22-17-10-4-1-7-15(17)13-25-19-12-6-5-11-18(19)24-21(25)27-14-20(26)23-16-8-2-3-9-16/h1,4-7,10-12,16H,2-3,8-9,13-14H2,(H,23,26). The molecule has 0 aliphatic heterocycles. The second-order valence-electron chi connectivity index (χ2n) is 6.90. The first kappa shape index (κ1) is 18.0. The van der Waals surface area contributed by atoms with Crippen molar-refractivity contribution in [1.82, 2.24) is 14.9 Å². The van der Waals surface area contributed by atoms with Crippen LogP contribution in [-0.2, 0) is 11.3 Å². The van der Waals surface area contributed by atoms with Gasteiger partial charge in [0, 0.05) is 11.6 Å². The van der Waals surface area contributed by atoms with Crippen molar-refractivity contribution in [2.45, 2.75) is 43.4 Å². The van der Waals surface area contributed by atoms with Gasteiger partial charge in [-0.2, -0.15) is 0 Å². The Bertz CT molecular complexity index is 950. The van der Waals surface area contributed by atoms with Crippen molar-refractivity contribution in [2.75, 3.05) is 5.75 Å². The molecule has 1 saturated carbocycles. The van der Waals surface area contributed by atoms with Gasteiger partial charge in [0.1, 0.15) is 5.82 Å². The molecule has 0 unspecified atom stereocenters. The van der Waals surface area contributed by atoms with Gasteiger partial charge in [-0.1, -0.05) is 54.9 Å². The molecule has 3 aromatic rings. The van der Waals surface area contributed by atoms with Crippen molar-refractivity contribution in [3.63, 3.8) is 0 Å². The molecule has 27 heavy (non-hydrogen) atoms. The number of nitrogens with one attached hydrogen (secondary N) is 1. The normalized spacial score (nSPS) is 14.7. The third-order valence-electron chi connectivity index (χ3n) is 4.96. The summed E-state index contributed by atoms with van der Waals surface area (Å²) in [6.07, 6.45) is 4.53. The van der Waals surface area contributed by atoms with E-state index in [0.717, 1.165) is 29.0 Å². The van der Waals surface area contributed by atoms with E-state index >= 15 is 0 Å². The molecule has 0 atom stereocenters. The highest BCUT2D eigenvalue weighted by atomic mass is 32.2. The molecule has 0 saturated heterocycles. The predicted octanol–water partition coefficient (Wildman–Crippen LogP) is 4.37. The second-order valence-corrected chi connectivity index (χ2v) is 7.84. The lowest BCUT2D eigenvalue weighted by Crippen LogP contribution is -2.33. The van der Waals surface area contributed by atoms with Crippen LogP contribution in [0.1, 0.15) is 31.2 Å². The smallest absolute Gasteiger partial charge is 0.230 e. The third kappa shape index (κ3) is 4.16. The van der Waals surface area contributed by atoms with E-state index < -0.39 is 0 Å². The fourth-order valence-corrected chi connectivity index (χ4v) is 4.41. The topological polar surface area (TPSA) is 46.9 Å². The largest absolute Gasteiger partial charge is 0.353 e. The molecule has 1 aromatic heterocycles. The van der Waals surface area contributed by atoms with Gasteiger partial charge in [0.05, 0.1) is 23.3 Å². The molecule has 1 fully saturated rings. The minimum absolute atomic E-state index is 0.0383. The number of thioether (sulfide) groups is 1. The maximum absolute atomic E-state index is 14.2. The summed E-state index contributed by atoms with van der Waals surface area (Å²) in [5.74, 6) is 0.124. The van der Waals surface area contributed by atoms with Gasteiger partial charge in [0.15, 0.2) is 5.16 Å². The fourth-order valence-electron chi connectivity index (χ4n) is 3.58. The summed E-state index contributed by atoms with van der Waals surface area (Å²) in [6, 6.07) is 14.9. The van der Waals surface area contributed by atoms with Gasteiger partial charge in [0.2, 0.25) is 5.91 Å². The zero-order valence-electron chi connectivity index (χ0n) is 15.0. The minimum atomic E-state index is -0.231. The Morgan fingerprint density at radius 3 is 2.70 bits per heavy atom. The molecule has 1 aliphatic carbocycles. The number of halogens is 1. The van der Waals surface area contributed by atoms with Gasteiger partial charge in [-0.05, 0) is 31.0 Å². The van der Waals surface area contributed by atoms with E-state index in [2.05, 4.69) is 10.3 Å². The number of hydrogen-bond donors (Lipinski definition) is 1. The van der Waals surface area contributed by atoms with Crippen LogP contribution in [0.25, 0.3) is 11.0 Å². The molecule has 6 heteroatoms. The van der Waals surface area contributed by atoms with Crippen LogP contribution in [0.2, 0.25) is 0 Å². The molecule has 0 spiro atoms. The van der Waals surface area contributed by atoms with Crippen LogP contribution in [0.3, 0.4) is 0 Å². The van der Waals surface area contributed by atoms with E-state index in [4.69, 9.17) is 0 Å². The van der Waals surface area contributed by atoms with Crippen LogP contribution in [0.5, 0.6) is 0 Å². The molecule has 4 nitrogen and oxygen atoms in total. The first-order chi connectivity index (χ1) is 13.2. The number of amides is 1. The molecule has 1 aliphatic rings. The average molecular weight is 383 g/mol. The lowest BCUT2D eigenvalue weighted by molar-refractivity contribution is -0.119. The molecule has 0 bridgehead atoms. The summed E-state index contributed by atoms with van der Waals surface area (Å²) < 4.78 is 16.1. The quantitative estimate of drug-likeness (QED) is 0.643. The van der Waals surface area contributed by atoms with Crippen LogP contribution in [0.4, 0.5) is 4.39 Å². The van der Waals surface area contributed by atoms with Crippen LogP contribution in [-0.4, -0.2) is 27.3 Å². The molecule has 1 N–H and O–H groups in total. The Kier molecular flexibility index (Phi) is 5.43. The minimum Gasteiger partial charge on any atom is -0.353 e. The Balaban J connectivity index is 1.54. The van der Waals surface area contributed by atoms with E-state index in [1.165, 1.54) is 30.7 Å². The Hall–Kier alpha value is -2.34. The van der Waals surface area contributed by atoms with E-state index in [9.17, 15) is 9.18 Å². The number of hydrogen-bond acceptors (Lipinski definition) is 3. The van der Waals surface area contributed by atoms with Gasteiger partial charge >= 0.3 is 0 Å². The predicted molar refractivity (Wildman–Crippen MR) is 106 cm³/mol. The Labute approximate surface area is 162 Å². The van der Waals surface area contributed by atoms with Crippen molar-refractivity contribution in [3.8, 4) is 0 Å². The van der Waals surface area contributed by atoms with Crippen molar-refractivity contribution in [1.29, 1.82) is 0 Å². The Morgan fingerprint density at radius 1 is 1.15 bits per heavy atom. The fraction of sp³-hybridized carbons (Fsp3) is 0.333. The number of aromatic nitrogens is 2. The Morgan fingerprint density at radius 2 is 1.89 bits per heavy atom. The lowest BCUT2D eigenvalue weighted by atomic mass is 10.2. The highest BCUT2D eigenvalue weighted by Gasteiger charge is 2.18. The van der Waals surface area contributed by atoms with Crippen LogP contribution < -0.4 is 5.32 Å². The summed E-state index contributed by atoms with van der Waals surface area (Å²) in [6.45, 7) is 0.389. The van der Waals surface area contributed by atoms with E-state index in [0.29, 0.717) is 23.9 Å². The number of fused-ring (bicyclic) bond motifs is 1. The van der Waals surface area contributed by atoms with Crippen molar-refractivity contribution < 1.29 is 9.18 Å². The highest BCUT2D eigenvalue weighted by Crippen LogP contribution is 2.26. The van der Waals surface area contributed by atoms with Gasteiger partial charge in [-0.15, -0.1) is 0 Å². The lowest BCUT2D eigenvalue weighted by Gasteiger charge is -2.12. The monoisotopic (exact) mass is 383 g/mol. The van der Waals surface area contributed by atoms with E-state index in [1.54, 1.807) is 12.1 Å². The third-order valence-corrected chi connectivity index (χ3v) is 5.93. The zero-order valence-corrected chi connectivity index (χ0v) is 15.8. The SMILES string of the molecule is O=C(CSc1nc2ccccc2n1Cc1ccccc1F)NC1CCCC1. The first-order valence-electron chi connectivity index (χ1n) is 9.31. The summed E-state index contributed by atoms with van der Waals surface area (Å²) in [5.41, 5.74) is 2.41. The van der Waals surface area contributed by atoms with Crippen molar-refractivity contribution in [2.24, 2.45) is 0 Å². The number of carbonyl (C=O) groups is 1. The summed E-state index contributed by atoms with van der Waals surface area (Å²) in [5, 5.41) is 3.84. The van der Waals surface area contributed by atoms with Gasteiger partial charge in [0.25, 0.3) is 0 Å². The number of carbonyl (C=O) groups excluding carboxylic acids is 1. The number of imidazole rings is 1. The highest BCUT2D eigenvalue weighted by molar-refractivity contribution is 7.99. The molecule has 2 aromatic carbocycles. The van der Waals surface area contributed by atoms with Crippen LogP contribution in [0.15, 0.2) is 53.7 Å². The van der Waals surface area contributed by atoms with E-state index in [-0.39, 0.29) is 11.7 Å². The molecule has 1 amide bonds. The molecule has 0 radical (unpaired) electrons. The molecule has 1 heterocycles. The molecular weight excluding hydrogens is 361 g/mol. The molecule has 140 valence electrons. The van der Waals surface area contributed by atoms with Crippen LogP contribution >= 0.6 is 11.8 Å². The van der Waals surface area contributed by atoms with Gasteiger partial charge in [-0.25, -0.2) is 9.37 Å². The first-order valence-corrected chi connectivity index (χ1v) is 10.3. The number of benzene rings is 2. The number of rotatable bonds is 6. The maximum Gasteiger partial charge on any atom is 0.230 e. The van der Waals surface area contributed by atoms with Crippen molar-refractivity contribution >= 4 is 28.7 Å². The summed E-state index contributed by atoms with van der Waals surface area (Å²) >= 11 is 1.41. The number of nitrogens with zero attached hydrogens (tertiary/aromatic N) is 2. The maximum atomic E-state index is 14.2. The van der Waals surface area contributed by atoms with Gasteiger partial charge in [-0.3, -0.25) is 4.79 Å². The average Bonchev–Trinajstić information content (AvgIpc) is 3.30. The molecular formula is C21H22FN3OS. The van der Waals surface area contributed by atoms with E-state index in [1.807, 2.05) is 34.9 Å².